The van der Waals surface area contributed by atoms with E-state index in [4.69, 9.17) is 36.3 Å². The molecule has 1 amide bonds. The zero-order valence-electron chi connectivity index (χ0n) is 18.7. The molecule has 0 aromatic heterocycles. The number of nitrogens with zero attached hydrogens (tertiary/aromatic N) is 1. The molecule has 1 aromatic rings. The Bertz CT molecular complexity index is 1040. The van der Waals surface area contributed by atoms with Crippen molar-refractivity contribution < 1.29 is 28.5 Å². The van der Waals surface area contributed by atoms with E-state index in [2.05, 4.69) is 4.99 Å². The number of carbonyl (C=O) groups is 2. The molecule has 2 unspecified atom stereocenters. The second-order valence-corrected chi connectivity index (χ2v) is 10.5. The highest BCUT2D eigenvalue weighted by Gasteiger charge is 2.60. The van der Waals surface area contributed by atoms with Crippen LogP contribution in [-0.4, -0.2) is 43.5 Å². The molecule has 4 saturated carbocycles. The maximum atomic E-state index is 12.7. The highest BCUT2D eigenvalue weighted by Crippen LogP contribution is 2.64. The van der Waals surface area contributed by atoms with Crippen molar-refractivity contribution in [2.24, 2.45) is 28.0 Å². The predicted molar refractivity (Wildman–Crippen MR) is 121 cm³/mol. The number of cyclic esters (lactones) is 1. The lowest BCUT2D eigenvalue weighted by Gasteiger charge is -2.59. The van der Waals surface area contributed by atoms with Crippen molar-refractivity contribution in [3.63, 3.8) is 0 Å². The van der Waals surface area contributed by atoms with Crippen LogP contribution in [0.25, 0.3) is 6.08 Å². The molecule has 8 nitrogen and oxygen atoms in total. The van der Waals surface area contributed by atoms with E-state index in [0.29, 0.717) is 34.8 Å². The average Bonchev–Trinajstić information content (AvgIpc) is 3.11. The summed E-state index contributed by atoms with van der Waals surface area (Å²) in [4.78, 5) is 28.3. The Kier molecular flexibility index (Phi) is 5.31. The number of nitrogens with two attached hydrogens (primary N) is 1. The number of methoxy groups -OCH3 is 2. The summed E-state index contributed by atoms with van der Waals surface area (Å²) in [6, 6.07) is 3.34. The minimum absolute atomic E-state index is 0.201. The largest absolute Gasteiger partial charge is 0.493 e. The van der Waals surface area contributed by atoms with E-state index in [1.807, 2.05) is 0 Å². The van der Waals surface area contributed by atoms with Crippen LogP contribution in [0.1, 0.15) is 44.1 Å². The minimum Gasteiger partial charge on any atom is -0.493 e. The lowest BCUT2D eigenvalue weighted by atomic mass is 9.49. The molecular formula is C24H27ClN2O6. The van der Waals surface area contributed by atoms with Crippen molar-refractivity contribution in [3.8, 4) is 17.2 Å². The van der Waals surface area contributed by atoms with Crippen LogP contribution in [-0.2, 0) is 14.3 Å². The van der Waals surface area contributed by atoms with E-state index in [9.17, 15) is 9.59 Å². The van der Waals surface area contributed by atoms with Crippen LogP contribution in [0, 0.1) is 17.3 Å². The lowest BCUT2D eigenvalue weighted by Crippen LogP contribution is -2.56. The molecular weight excluding hydrogens is 448 g/mol. The van der Waals surface area contributed by atoms with Gasteiger partial charge in [-0.15, -0.1) is 11.6 Å². The Morgan fingerprint density at radius 1 is 1.21 bits per heavy atom. The quantitative estimate of drug-likeness (QED) is 0.368. The van der Waals surface area contributed by atoms with Crippen LogP contribution in [0.4, 0.5) is 0 Å². The summed E-state index contributed by atoms with van der Waals surface area (Å²) in [6.07, 6.45) is 7.69. The summed E-state index contributed by atoms with van der Waals surface area (Å²) >= 11 is 6.95. The third-order valence-corrected chi connectivity index (χ3v) is 7.65. The Labute approximate surface area is 197 Å². The number of rotatable bonds is 7. The third-order valence-electron chi connectivity index (χ3n) is 7.21. The predicted octanol–water partition coefficient (Wildman–Crippen LogP) is 3.44. The molecule has 6 rings (SSSR count). The number of ether oxygens (including phenoxy) is 4. The van der Waals surface area contributed by atoms with E-state index in [1.54, 1.807) is 18.2 Å². The Morgan fingerprint density at radius 3 is 2.39 bits per heavy atom. The van der Waals surface area contributed by atoms with Gasteiger partial charge in [-0.2, -0.15) is 0 Å². The second kappa shape index (κ2) is 7.94. The van der Waals surface area contributed by atoms with Gasteiger partial charge in [0.15, 0.2) is 23.8 Å². The van der Waals surface area contributed by atoms with Crippen LogP contribution in [0.3, 0.4) is 0 Å². The maximum Gasteiger partial charge on any atom is 0.363 e. The van der Waals surface area contributed by atoms with Crippen LogP contribution < -0.4 is 19.9 Å². The fraction of sp³-hybridized carbons (Fsp3) is 0.542. The van der Waals surface area contributed by atoms with Gasteiger partial charge < -0.3 is 24.7 Å². The first-order valence-electron chi connectivity index (χ1n) is 11.1. The average molecular weight is 475 g/mol. The van der Waals surface area contributed by atoms with E-state index < -0.39 is 11.9 Å². The SMILES string of the molecule is COc1cc(/C=C2/N=C(C34CC5CC(CC(Cl)(C5)C3)C4)OC2=O)cc(OC)c1OCC(N)=O. The van der Waals surface area contributed by atoms with Crippen molar-refractivity contribution in [2.45, 2.75) is 43.4 Å². The summed E-state index contributed by atoms with van der Waals surface area (Å²) in [5, 5.41) is 0. The van der Waals surface area contributed by atoms with Crippen LogP contribution in [0.5, 0.6) is 17.2 Å². The van der Waals surface area contributed by atoms with Crippen LogP contribution in [0.15, 0.2) is 22.8 Å². The molecule has 5 aliphatic rings. The Morgan fingerprint density at radius 2 is 1.85 bits per heavy atom. The van der Waals surface area contributed by atoms with E-state index in [1.165, 1.54) is 20.6 Å². The molecule has 4 fully saturated rings. The van der Waals surface area contributed by atoms with Gasteiger partial charge >= 0.3 is 5.97 Å². The smallest absolute Gasteiger partial charge is 0.363 e. The number of halogens is 1. The number of benzene rings is 1. The van der Waals surface area contributed by atoms with Gasteiger partial charge in [0.1, 0.15) is 0 Å². The zero-order valence-corrected chi connectivity index (χ0v) is 19.4. The normalized spacial score (nSPS) is 33.1. The number of amides is 1. The number of alkyl halides is 1. The molecule has 9 heteroatoms. The molecule has 1 heterocycles. The number of primary amides is 1. The highest BCUT2D eigenvalue weighted by atomic mass is 35.5. The van der Waals surface area contributed by atoms with E-state index in [-0.39, 0.29) is 28.3 Å². The highest BCUT2D eigenvalue weighted by molar-refractivity contribution is 6.24. The fourth-order valence-electron chi connectivity index (χ4n) is 6.46. The monoisotopic (exact) mass is 474 g/mol. The number of esters is 1. The number of hydrogen-bond donors (Lipinski definition) is 1. The van der Waals surface area contributed by atoms with Gasteiger partial charge in [-0.1, -0.05) is 0 Å². The first-order valence-corrected chi connectivity index (χ1v) is 11.5. The molecule has 0 radical (unpaired) electrons. The van der Waals surface area contributed by atoms with Crippen LogP contribution >= 0.6 is 11.6 Å². The summed E-state index contributed by atoms with van der Waals surface area (Å²) in [5.41, 5.74) is 5.76. The molecule has 4 bridgehead atoms. The lowest BCUT2D eigenvalue weighted by molar-refractivity contribution is -0.131. The van der Waals surface area contributed by atoms with Crippen molar-refractivity contribution in [3.05, 3.63) is 23.4 Å². The van der Waals surface area contributed by atoms with Crippen molar-refractivity contribution in [2.75, 3.05) is 20.8 Å². The van der Waals surface area contributed by atoms with Gasteiger partial charge in [0.05, 0.1) is 14.2 Å². The molecule has 0 spiro atoms. The van der Waals surface area contributed by atoms with Gasteiger partial charge in [0.25, 0.3) is 5.91 Å². The molecule has 4 aliphatic carbocycles. The number of hydrogen-bond acceptors (Lipinski definition) is 7. The summed E-state index contributed by atoms with van der Waals surface area (Å²) in [7, 11) is 2.94. The zero-order chi connectivity index (χ0) is 23.4. The molecule has 2 N–H and O–H groups in total. The Balaban J connectivity index is 1.46. The molecule has 2 atom stereocenters. The molecule has 33 heavy (non-hydrogen) atoms. The van der Waals surface area contributed by atoms with Crippen molar-refractivity contribution in [1.29, 1.82) is 0 Å². The molecule has 1 aliphatic heterocycles. The third kappa shape index (κ3) is 3.94. The van der Waals surface area contributed by atoms with Gasteiger partial charge in [0, 0.05) is 10.3 Å². The molecule has 176 valence electrons. The maximum absolute atomic E-state index is 12.7. The van der Waals surface area contributed by atoms with Gasteiger partial charge in [-0.3, -0.25) is 4.79 Å². The summed E-state index contributed by atoms with van der Waals surface area (Å²) in [5.74, 6) is 1.48. The van der Waals surface area contributed by atoms with Crippen molar-refractivity contribution >= 4 is 35.5 Å². The van der Waals surface area contributed by atoms with Gasteiger partial charge in [0.2, 0.25) is 11.6 Å². The topological polar surface area (TPSA) is 109 Å². The van der Waals surface area contributed by atoms with Gasteiger partial charge in [-0.05, 0) is 74.1 Å². The fourth-order valence-corrected chi connectivity index (χ4v) is 7.16. The number of aliphatic imine (C=N–C) groups is 1. The summed E-state index contributed by atoms with van der Waals surface area (Å²) in [6.45, 7) is -0.320. The standard InChI is InChI=1S/C24H27ClN2O6/c1-30-17-5-13(6-18(31-2)20(17)32-11-19(26)28)4-16-21(29)33-22(27-16)23-7-14-3-15(8-23)10-24(25,9-14)12-23/h4-6,14-15H,3,7-12H2,1-2H3,(H2,26,28)/b16-4+. The van der Waals surface area contributed by atoms with Crippen LogP contribution in [0.2, 0.25) is 0 Å². The first kappa shape index (κ1) is 22.1. The number of carbonyl (C=O) groups excluding carboxylic acids is 2. The van der Waals surface area contributed by atoms with E-state index in [0.717, 1.165) is 32.1 Å². The van der Waals surface area contributed by atoms with Gasteiger partial charge in [-0.25, -0.2) is 9.79 Å². The molecule has 1 aromatic carbocycles. The first-order chi connectivity index (χ1) is 15.7. The van der Waals surface area contributed by atoms with Crippen molar-refractivity contribution in [1.82, 2.24) is 0 Å². The minimum atomic E-state index is -0.621. The van der Waals surface area contributed by atoms with E-state index >= 15 is 0 Å². The Hall–Kier alpha value is -2.74. The molecule has 0 saturated heterocycles. The second-order valence-electron chi connectivity index (χ2n) is 9.74. The summed E-state index contributed by atoms with van der Waals surface area (Å²) < 4.78 is 22.0.